The average Bonchev–Trinajstić information content (AvgIpc) is 2.32. The van der Waals surface area contributed by atoms with Crippen molar-refractivity contribution in [2.45, 2.75) is 31.1 Å². The normalized spacial score (nSPS) is 11.7. The van der Waals surface area contributed by atoms with Gasteiger partial charge in [0, 0.05) is 12.4 Å². The Morgan fingerprint density at radius 3 is 2.67 bits per heavy atom. The Kier molecular flexibility index (Phi) is 6.05. The molecule has 0 saturated carbocycles. The number of halogens is 2. The van der Waals surface area contributed by atoms with Gasteiger partial charge < -0.3 is 0 Å². The van der Waals surface area contributed by atoms with Crippen molar-refractivity contribution < 1.29 is 12.8 Å². The molecule has 0 aliphatic rings. The van der Waals surface area contributed by atoms with Gasteiger partial charge in [-0.2, -0.15) is 0 Å². The number of benzene rings is 1. The average molecular weight is 294 g/mol. The van der Waals surface area contributed by atoms with E-state index in [9.17, 15) is 12.8 Å². The van der Waals surface area contributed by atoms with Crippen LogP contribution in [0.5, 0.6) is 0 Å². The molecule has 102 valence electrons. The molecule has 0 saturated heterocycles. The van der Waals surface area contributed by atoms with Gasteiger partial charge in [0.1, 0.15) is 5.82 Å². The van der Waals surface area contributed by atoms with Crippen molar-refractivity contribution in [2.75, 3.05) is 12.4 Å². The van der Waals surface area contributed by atoms with Gasteiger partial charge in [-0.15, -0.1) is 11.6 Å². The third-order valence-electron chi connectivity index (χ3n) is 2.54. The first kappa shape index (κ1) is 15.4. The number of rotatable bonds is 7. The van der Waals surface area contributed by atoms with Crippen LogP contribution in [0.25, 0.3) is 0 Å². The summed E-state index contributed by atoms with van der Waals surface area (Å²) >= 11 is 5.52. The Bertz CT molecular complexity index is 491. The zero-order valence-electron chi connectivity index (χ0n) is 10.2. The van der Waals surface area contributed by atoms with E-state index in [1.807, 2.05) is 0 Å². The van der Waals surface area contributed by atoms with Crippen LogP contribution in [-0.4, -0.2) is 20.8 Å². The smallest absolute Gasteiger partial charge is 0.211 e. The minimum atomic E-state index is -3.62. The van der Waals surface area contributed by atoms with Gasteiger partial charge in [-0.1, -0.05) is 12.5 Å². The maximum atomic E-state index is 13.1. The second-order valence-corrected chi connectivity index (χ2v) is 6.17. The molecule has 0 aliphatic heterocycles. The van der Waals surface area contributed by atoms with Gasteiger partial charge in [0.05, 0.1) is 4.90 Å². The number of hydrogen-bond donors (Lipinski definition) is 1. The fourth-order valence-corrected chi connectivity index (χ4v) is 3.06. The molecule has 18 heavy (non-hydrogen) atoms. The molecular formula is C12H17ClFNO2S. The molecule has 0 radical (unpaired) electrons. The highest BCUT2D eigenvalue weighted by molar-refractivity contribution is 7.89. The number of sulfonamides is 1. The van der Waals surface area contributed by atoms with Crippen molar-refractivity contribution in [1.82, 2.24) is 4.72 Å². The molecule has 0 spiro atoms. The number of alkyl halides is 1. The topological polar surface area (TPSA) is 46.2 Å². The second kappa shape index (κ2) is 7.07. The standard InChI is InChI=1S/C12H17ClFNO2S/c1-10-5-6-11(14)9-12(10)18(16,17)15-8-4-2-3-7-13/h5-6,9,15H,2-4,7-8H2,1H3. The van der Waals surface area contributed by atoms with Gasteiger partial charge in [0.15, 0.2) is 0 Å². The first-order valence-electron chi connectivity index (χ1n) is 5.79. The number of nitrogens with one attached hydrogen (secondary N) is 1. The summed E-state index contributed by atoms with van der Waals surface area (Å²) < 4.78 is 39.4. The Balaban J connectivity index is 2.66. The van der Waals surface area contributed by atoms with Crippen LogP contribution >= 0.6 is 11.6 Å². The first-order valence-corrected chi connectivity index (χ1v) is 7.81. The van der Waals surface area contributed by atoms with E-state index in [0.717, 1.165) is 25.3 Å². The Morgan fingerprint density at radius 2 is 2.00 bits per heavy atom. The summed E-state index contributed by atoms with van der Waals surface area (Å²) in [6.45, 7) is 1.98. The number of aryl methyl sites for hydroxylation is 1. The van der Waals surface area contributed by atoms with E-state index in [-0.39, 0.29) is 4.90 Å². The first-order chi connectivity index (χ1) is 8.47. The van der Waals surface area contributed by atoms with Crippen molar-refractivity contribution in [3.8, 4) is 0 Å². The van der Waals surface area contributed by atoms with Crippen molar-refractivity contribution >= 4 is 21.6 Å². The molecule has 0 aliphatic carbocycles. The minimum absolute atomic E-state index is 0.000145. The molecular weight excluding hydrogens is 277 g/mol. The molecule has 0 bridgehead atoms. The van der Waals surface area contributed by atoms with E-state index >= 15 is 0 Å². The fourth-order valence-electron chi connectivity index (χ4n) is 1.54. The van der Waals surface area contributed by atoms with Gasteiger partial charge in [-0.3, -0.25) is 0 Å². The quantitative estimate of drug-likeness (QED) is 0.621. The zero-order valence-corrected chi connectivity index (χ0v) is 11.8. The maximum absolute atomic E-state index is 13.1. The highest BCUT2D eigenvalue weighted by Gasteiger charge is 2.16. The van der Waals surface area contributed by atoms with E-state index in [1.165, 1.54) is 12.1 Å². The molecule has 0 unspecified atom stereocenters. The van der Waals surface area contributed by atoms with Crippen LogP contribution in [0.1, 0.15) is 24.8 Å². The predicted molar refractivity (Wildman–Crippen MR) is 70.9 cm³/mol. The second-order valence-electron chi connectivity index (χ2n) is 4.06. The Hall–Kier alpha value is -0.650. The lowest BCUT2D eigenvalue weighted by Crippen LogP contribution is -2.25. The van der Waals surface area contributed by atoms with E-state index in [4.69, 9.17) is 11.6 Å². The fraction of sp³-hybridized carbons (Fsp3) is 0.500. The molecule has 3 nitrogen and oxygen atoms in total. The Morgan fingerprint density at radius 1 is 1.28 bits per heavy atom. The van der Waals surface area contributed by atoms with E-state index in [0.29, 0.717) is 18.0 Å². The van der Waals surface area contributed by atoms with Crippen LogP contribution < -0.4 is 4.72 Å². The van der Waals surface area contributed by atoms with Gasteiger partial charge in [-0.25, -0.2) is 17.5 Å². The van der Waals surface area contributed by atoms with Gasteiger partial charge in [0.2, 0.25) is 10.0 Å². The molecule has 0 fully saturated rings. The summed E-state index contributed by atoms with van der Waals surface area (Å²) in [4.78, 5) is -0.000145. The van der Waals surface area contributed by atoms with Crippen LogP contribution in [0, 0.1) is 12.7 Å². The number of hydrogen-bond acceptors (Lipinski definition) is 2. The van der Waals surface area contributed by atoms with Crippen molar-refractivity contribution in [3.63, 3.8) is 0 Å². The molecule has 1 rings (SSSR count). The minimum Gasteiger partial charge on any atom is -0.211 e. The monoisotopic (exact) mass is 293 g/mol. The third kappa shape index (κ3) is 4.55. The summed E-state index contributed by atoms with van der Waals surface area (Å²) in [7, 11) is -3.62. The van der Waals surface area contributed by atoms with Crippen molar-refractivity contribution in [2.24, 2.45) is 0 Å². The van der Waals surface area contributed by atoms with Crippen LogP contribution in [0.3, 0.4) is 0 Å². The van der Waals surface area contributed by atoms with Crippen molar-refractivity contribution in [1.29, 1.82) is 0 Å². The molecule has 1 aromatic carbocycles. The highest BCUT2D eigenvalue weighted by atomic mass is 35.5. The highest BCUT2D eigenvalue weighted by Crippen LogP contribution is 2.16. The summed E-state index contributed by atoms with van der Waals surface area (Å²) in [5, 5.41) is 0. The Labute approximate surface area is 112 Å². The van der Waals surface area contributed by atoms with Crippen LogP contribution in [-0.2, 0) is 10.0 Å². The largest absolute Gasteiger partial charge is 0.240 e. The van der Waals surface area contributed by atoms with E-state index in [2.05, 4.69) is 4.72 Å². The summed E-state index contributed by atoms with van der Waals surface area (Å²) in [6.07, 6.45) is 2.46. The summed E-state index contributed by atoms with van der Waals surface area (Å²) in [5.41, 5.74) is 0.532. The van der Waals surface area contributed by atoms with Crippen LogP contribution in [0.15, 0.2) is 23.1 Å². The van der Waals surface area contributed by atoms with Crippen LogP contribution in [0.4, 0.5) is 4.39 Å². The molecule has 6 heteroatoms. The molecule has 0 atom stereocenters. The third-order valence-corrected chi connectivity index (χ3v) is 4.41. The van der Waals surface area contributed by atoms with Crippen LogP contribution in [0.2, 0.25) is 0 Å². The summed E-state index contributed by atoms with van der Waals surface area (Å²) in [5.74, 6) is 0.0265. The molecule has 0 heterocycles. The van der Waals surface area contributed by atoms with E-state index in [1.54, 1.807) is 6.92 Å². The molecule has 1 N–H and O–H groups in total. The van der Waals surface area contributed by atoms with Gasteiger partial charge in [0.25, 0.3) is 0 Å². The molecule has 0 amide bonds. The lowest BCUT2D eigenvalue weighted by Gasteiger charge is -2.09. The number of unbranched alkanes of at least 4 members (excludes halogenated alkanes) is 2. The van der Waals surface area contributed by atoms with Gasteiger partial charge in [-0.05, 0) is 37.5 Å². The zero-order chi connectivity index (χ0) is 13.6. The van der Waals surface area contributed by atoms with Crippen molar-refractivity contribution in [3.05, 3.63) is 29.6 Å². The lowest BCUT2D eigenvalue weighted by atomic mass is 10.2. The van der Waals surface area contributed by atoms with E-state index < -0.39 is 15.8 Å². The maximum Gasteiger partial charge on any atom is 0.240 e. The lowest BCUT2D eigenvalue weighted by molar-refractivity contribution is 0.572. The predicted octanol–water partition coefficient (Wildman–Crippen LogP) is 2.82. The SMILES string of the molecule is Cc1ccc(F)cc1S(=O)(=O)NCCCCCCl. The molecule has 1 aromatic rings. The molecule has 0 aromatic heterocycles. The van der Waals surface area contributed by atoms with Gasteiger partial charge >= 0.3 is 0 Å². The summed E-state index contributed by atoms with van der Waals surface area (Å²) in [6, 6.07) is 3.74.